The first-order chi connectivity index (χ1) is 11.2. The van der Waals surface area contributed by atoms with Crippen LogP contribution < -0.4 is 4.74 Å². The van der Waals surface area contributed by atoms with E-state index in [1.807, 2.05) is 17.0 Å². The molecule has 2 unspecified atom stereocenters. The van der Waals surface area contributed by atoms with Crippen molar-refractivity contribution in [3.8, 4) is 5.75 Å². The molecule has 0 aromatic heterocycles. The summed E-state index contributed by atoms with van der Waals surface area (Å²) in [5.41, 5.74) is 1.24. The van der Waals surface area contributed by atoms with Crippen molar-refractivity contribution in [2.24, 2.45) is 5.92 Å². The SMILES string of the molecule is COc1ccc(C2CC2C(=O)N2CCC3(CC2)OCCO3)cc1. The number of carbonyl (C=O) groups excluding carboxylic acids is 1. The van der Waals surface area contributed by atoms with Gasteiger partial charge >= 0.3 is 0 Å². The highest BCUT2D eigenvalue weighted by atomic mass is 16.7. The van der Waals surface area contributed by atoms with E-state index >= 15 is 0 Å². The van der Waals surface area contributed by atoms with Crippen molar-refractivity contribution in [1.29, 1.82) is 0 Å². The largest absolute Gasteiger partial charge is 0.497 e. The van der Waals surface area contributed by atoms with E-state index in [-0.39, 0.29) is 5.92 Å². The van der Waals surface area contributed by atoms with E-state index in [9.17, 15) is 4.79 Å². The third-order valence-electron chi connectivity index (χ3n) is 5.30. The molecule has 0 N–H and O–H groups in total. The van der Waals surface area contributed by atoms with E-state index in [2.05, 4.69) is 12.1 Å². The Kier molecular flexibility index (Phi) is 3.77. The van der Waals surface area contributed by atoms with Crippen molar-refractivity contribution in [2.45, 2.75) is 31.0 Å². The number of nitrogens with zero attached hydrogens (tertiary/aromatic N) is 1. The molecular formula is C18H23NO4. The standard InChI is InChI=1S/C18H23NO4/c1-21-14-4-2-13(3-5-14)15-12-16(15)17(20)19-8-6-18(7-9-19)22-10-11-23-18/h2-5,15-16H,6-12H2,1H3. The second-order valence-corrected chi connectivity index (χ2v) is 6.65. The van der Waals surface area contributed by atoms with Crippen LogP contribution in [0.25, 0.3) is 0 Å². The highest BCUT2D eigenvalue weighted by Gasteiger charge is 2.48. The molecule has 0 bridgehead atoms. The number of methoxy groups -OCH3 is 1. The average molecular weight is 317 g/mol. The zero-order valence-corrected chi connectivity index (χ0v) is 13.5. The molecule has 1 aliphatic carbocycles. The molecule has 1 aromatic carbocycles. The Bertz CT molecular complexity index is 569. The molecule has 2 heterocycles. The van der Waals surface area contributed by atoms with Crippen LogP contribution in [-0.2, 0) is 14.3 Å². The summed E-state index contributed by atoms with van der Waals surface area (Å²) < 4.78 is 16.6. The molecule has 1 saturated carbocycles. The average Bonchev–Trinajstić information content (AvgIpc) is 3.29. The van der Waals surface area contributed by atoms with E-state index in [1.165, 1.54) is 5.56 Å². The molecule has 4 rings (SSSR count). The van der Waals surface area contributed by atoms with Crippen molar-refractivity contribution < 1.29 is 19.0 Å². The molecule has 2 aliphatic heterocycles. The van der Waals surface area contributed by atoms with Gasteiger partial charge in [-0.3, -0.25) is 4.79 Å². The third-order valence-corrected chi connectivity index (χ3v) is 5.30. The van der Waals surface area contributed by atoms with Gasteiger partial charge in [-0.2, -0.15) is 0 Å². The van der Waals surface area contributed by atoms with Gasteiger partial charge in [0.2, 0.25) is 5.91 Å². The lowest BCUT2D eigenvalue weighted by atomic mass is 10.0. The first-order valence-electron chi connectivity index (χ1n) is 8.41. The first-order valence-corrected chi connectivity index (χ1v) is 8.41. The summed E-state index contributed by atoms with van der Waals surface area (Å²) in [6.07, 6.45) is 2.54. The Morgan fingerprint density at radius 2 is 1.83 bits per heavy atom. The first kappa shape index (κ1) is 15.0. The second kappa shape index (κ2) is 5.80. The number of likely N-dealkylation sites (tertiary alicyclic amines) is 1. The highest BCUT2D eigenvalue weighted by Crippen LogP contribution is 2.49. The van der Waals surface area contributed by atoms with Crippen LogP contribution in [0.5, 0.6) is 5.75 Å². The van der Waals surface area contributed by atoms with Crippen LogP contribution in [0.3, 0.4) is 0 Å². The Hall–Kier alpha value is -1.59. The number of benzene rings is 1. The summed E-state index contributed by atoms with van der Waals surface area (Å²) >= 11 is 0. The Labute approximate surface area is 136 Å². The van der Waals surface area contributed by atoms with Gasteiger partial charge in [0, 0.05) is 31.8 Å². The number of rotatable bonds is 3. The van der Waals surface area contributed by atoms with Gasteiger partial charge in [-0.15, -0.1) is 0 Å². The van der Waals surface area contributed by atoms with Crippen LogP contribution in [0.15, 0.2) is 24.3 Å². The number of hydrogen-bond donors (Lipinski definition) is 0. The van der Waals surface area contributed by atoms with Gasteiger partial charge in [0.1, 0.15) is 5.75 Å². The van der Waals surface area contributed by atoms with Gasteiger partial charge in [-0.25, -0.2) is 0 Å². The van der Waals surface area contributed by atoms with Gasteiger partial charge < -0.3 is 19.1 Å². The predicted octanol–water partition coefficient (Wildman–Crippen LogP) is 2.16. The molecular weight excluding hydrogens is 294 g/mol. The molecule has 124 valence electrons. The number of carbonyl (C=O) groups is 1. The fraction of sp³-hybridized carbons (Fsp3) is 0.611. The molecule has 5 nitrogen and oxygen atoms in total. The van der Waals surface area contributed by atoms with Crippen LogP contribution in [0.4, 0.5) is 0 Å². The third kappa shape index (κ3) is 2.83. The van der Waals surface area contributed by atoms with Crippen molar-refractivity contribution in [2.75, 3.05) is 33.4 Å². The van der Waals surface area contributed by atoms with Gasteiger partial charge in [0.05, 0.1) is 20.3 Å². The van der Waals surface area contributed by atoms with E-state index in [4.69, 9.17) is 14.2 Å². The maximum Gasteiger partial charge on any atom is 0.226 e. The summed E-state index contributed by atoms with van der Waals surface area (Å²) in [5, 5.41) is 0. The summed E-state index contributed by atoms with van der Waals surface area (Å²) in [7, 11) is 1.67. The minimum absolute atomic E-state index is 0.142. The van der Waals surface area contributed by atoms with Crippen LogP contribution in [0.2, 0.25) is 0 Å². The van der Waals surface area contributed by atoms with E-state index in [1.54, 1.807) is 7.11 Å². The lowest BCUT2D eigenvalue weighted by molar-refractivity contribution is -0.187. The fourth-order valence-electron chi connectivity index (χ4n) is 3.78. The number of hydrogen-bond acceptors (Lipinski definition) is 4. The molecule has 3 aliphatic rings. The topological polar surface area (TPSA) is 48.0 Å². The molecule has 2 saturated heterocycles. The van der Waals surface area contributed by atoms with E-state index in [0.29, 0.717) is 25.0 Å². The molecule has 0 radical (unpaired) electrons. The van der Waals surface area contributed by atoms with Gasteiger partial charge in [-0.1, -0.05) is 12.1 Å². The molecule has 23 heavy (non-hydrogen) atoms. The van der Waals surface area contributed by atoms with Crippen LogP contribution in [0, 0.1) is 5.92 Å². The maximum absolute atomic E-state index is 12.7. The highest BCUT2D eigenvalue weighted by molar-refractivity contribution is 5.83. The van der Waals surface area contributed by atoms with Crippen molar-refractivity contribution in [3.63, 3.8) is 0 Å². The Morgan fingerprint density at radius 1 is 1.17 bits per heavy atom. The smallest absolute Gasteiger partial charge is 0.226 e. The quantitative estimate of drug-likeness (QED) is 0.857. The van der Waals surface area contributed by atoms with E-state index < -0.39 is 5.79 Å². The van der Waals surface area contributed by atoms with Gasteiger partial charge in [0.25, 0.3) is 0 Å². The predicted molar refractivity (Wildman–Crippen MR) is 84.3 cm³/mol. The second-order valence-electron chi connectivity index (χ2n) is 6.65. The lowest BCUT2D eigenvalue weighted by Crippen LogP contribution is -2.47. The Balaban J connectivity index is 1.34. The summed E-state index contributed by atoms with van der Waals surface area (Å²) in [4.78, 5) is 14.7. The minimum atomic E-state index is -0.407. The zero-order chi connectivity index (χ0) is 15.9. The van der Waals surface area contributed by atoms with Crippen LogP contribution >= 0.6 is 0 Å². The zero-order valence-electron chi connectivity index (χ0n) is 13.5. The number of amides is 1. The lowest BCUT2D eigenvalue weighted by Gasteiger charge is -2.37. The van der Waals surface area contributed by atoms with Crippen molar-refractivity contribution in [1.82, 2.24) is 4.90 Å². The maximum atomic E-state index is 12.7. The number of piperidine rings is 1. The summed E-state index contributed by atoms with van der Waals surface area (Å²) in [5.74, 6) is 1.25. The molecule has 5 heteroatoms. The van der Waals surface area contributed by atoms with Crippen molar-refractivity contribution >= 4 is 5.91 Å². The summed E-state index contributed by atoms with van der Waals surface area (Å²) in [6.45, 7) is 2.83. The van der Waals surface area contributed by atoms with E-state index in [0.717, 1.165) is 38.1 Å². The summed E-state index contributed by atoms with van der Waals surface area (Å²) in [6, 6.07) is 8.08. The minimum Gasteiger partial charge on any atom is -0.497 e. The Morgan fingerprint density at radius 3 is 2.43 bits per heavy atom. The monoisotopic (exact) mass is 317 g/mol. The molecule has 1 amide bonds. The number of ether oxygens (including phenoxy) is 3. The normalized spacial score (nSPS) is 28.8. The molecule has 3 fully saturated rings. The van der Waals surface area contributed by atoms with Crippen LogP contribution in [-0.4, -0.2) is 50.0 Å². The molecule has 1 aromatic rings. The molecule has 2 atom stereocenters. The fourth-order valence-corrected chi connectivity index (χ4v) is 3.78. The van der Waals surface area contributed by atoms with Gasteiger partial charge in [-0.05, 0) is 30.0 Å². The van der Waals surface area contributed by atoms with Crippen molar-refractivity contribution in [3.05, 3.63) is 29.8 Å². The molecule has 1 spiro atoms. The van der Waals surface area contributed by atoms with Gasteiger partial charge in [0.15, 0.2) is 5.79 Å². The van der Waals surface area contributed by atoms with Crippen LogP contribution in [0.1, 0.15) is 30.7 Å².